The fourth-order valence-electron chi connectivity index (χ4n) is 5.31. The normalized spacial score (nSPS) is 24.7. The molecule has 2 N–H and O–H groups in total. The predicted molar refractivity (Wildman–Crippen MR) is 115 cm³/mol. The van der Waals surface area contributed by atoms with Gasteiger partial charge < -0.3 is 20.3 Å². The first-order valence-electron chi connectivity index (χ1n) is 11.0. The summed E-state index contributed by atoms with van der Waals surface area (Å²) < 4.78 is 6.05. The van der Waals surface area contributed by atoms with E-state index in [1.165, 1.54) is 0 Å². The molecule has 30 heavy (non-hydrogen) atoms. The summed E-state index contributed by atoms with van der Waals surface area (Å²) in [5.41, 5.74) is 10.4. The van der Waals surface area contributed by atoms with E-state index in [0.29, 0.717) is 6.54 Å². The van der Waals surface area contributed by atoms with Crippen LogP contribution in [0.25, 0.3) is 0 Å². The number of aromatic nitrogens is 3. The Morgan fingerprint density at radius 3 is 2.87 bits per heavy atom. The molecule has 6 rings (SSSR count). The van der Waals surface area contributed by atoms with E-state index in [4.69, 9.17) is 25.4 Å². The lowest BCUT2D eigenvalue weighted by molar-refractivity contribution is -0.0230. The summed E-state index contributed by atoms with van der Waals surface area (Å²) in [6.45, 7) is 4.12. The van der Waals surface area contributed by atoms with Crippen LogP contribution >= 0.6 is 0 Å². The predicted octanol–water partition coefficient (Wildman–Crippen LogP) is 1.67. The second kappa shape index (κ2) is 6.99. The minimum atomic E-state index is -0.132. The van der Waals surface area contributed by atoms with Crippen LogP contribution in [0.5, 0.6) is 0 Å². The van der Waals surface area contributed by atoms with Gasteiger partial charge in [0.2, 0.25) is 0 Å². The molecule has 2 aromatic heterocycles. The number of hydrogen-bond acceptors (Lipinski definition) is 8. The van der Waals surface area contributed by atoms with Crippen molar-refractivity contribution in [2.24, 2.45) is 10.7 Å². The summed E-state index contributed by atoms with van der Waals surface area (Å²) in [6.07, 6.45) is 8.73. The van der Waals surface area contributed by atoms with Gasteiger partial charge in [-0.25, -0.2) is 9.97 Å². The summed E-state index contributed by atoms with van der Waals surface area (Å²) in [5.74, 6) is 1.87. The molecule has 4 aliphatic heterocycles. The van der Waals surface area contributed by atoms with Crippen LogP contribution in [0.1, 0.15) is 42.8 Å². The van der Waals surface area contributed by atoms with Crippen LogP contribution in [-0.4, -0.2) is 58.7 Å². The first-order chi connectivity index (χ1) is 14.7. The average molecular weight is 406 g/mol. The SMILES string of the molecule is NC1CCOC12CCN(c1cnc3c(n1)CN=C3N1CCCc3ncccc31)CC2. The highest BCUT2D eigenvalue weighted by atomic mass is 16.5. The number of amidine groups is 1. The molecule has 2 fully saturated rings. The number of anilines is 2. The van der Waals surface area contributed by atoms with Crippen molar-refractivity contribution in [1.29, 1.82) is 0 Å². The molecule has 1 spiro atoms. The number of aliphatic imine (C=N–C) groups is 1. The van der Waals surface area contributed by atoms with Crippen LogP contribution in [0, 0.1) is 0 Å². The van der Waals surface area contributed by atoms with Crippen molar-refractivity contribution in [2.75, 3.05) is 36.0 Å². The Morgan fingerprint density at radius 2 is 2.03 bits per heavy atom. The van der Waals surface area contributed by atoms with E-state index >= 15 is 0 Å². The maximum absolute atomic E-state index is 6.33. The molecule has 4 aliphatic rings. The van der Waals surface area contributed by atoms with Gasteiger partial charge in [-0.15, -0.1) is 0 Å². The third kappa shape index (κ3) is 2.81. The lowest BCUT2D eigenvalue weighted by Gasteiger charge is -2.41. The Hall–Kier alpha value is -2.58. The van der Waals surface area contributed by atoms with Crippen LogP contribution in [0.3, 0.4) is 0 Å². The van der Waals surface area contributed by atoms with Crippen LogP contribution in [0.15, 0.2) is 29.5 Å². The molecule has 0 aliphatic carbocycles. The number of nitrogens with two attached hydrogens (primary N) is 1. The molecular weight excluding hydrogens is 378 g/mol. The van der Waals surface area contributed by atoms with Gasteiger partial charge in [-0.2, -0.15) is 0 Å². The summed E-state index contributed by atoms with van der Waals surface area (Å²) in [6, 6.07) is 4.28. The lowest BCUT2D eigenvalue weighted by Crippen LogP contribution is -2.53. The summed E-state index contributed by atoms with van der Waals surface area (Å²) in [4.78, 5) is 23.7. The van der Waals surface area contributed by atoms with Crippen molar-refractivity contribution in [3.05, 3.63) is 41.6 Å². The number of rotatable bonds is 1. The zero-order chi connectivity index (χ0) is 20.1. The van der Waals surface area contributed by atoms with Gasteiger partial charge in [-0.3, -0.25) is 9.98 Å². The van der Waals surface area contributed by atoms with Crippen LogP contribution in [0.4, 0.5) is 11.5 Å². The van der Waals surface area contributed by atoms with E-state index < -0.39 is 0 Å². The quantitative estimate of drug-likeness (QED) is 0.771. The van der Waals surface area contributed by atoms with Gasteiger partial charge in [0.05, 0.1) is 35.4 Å². The Balaban J connectivity index is 1.22. The van der Waals surface area contributed by atoms with E-state index in [1.54, 1.807) is 0 Å². The van der Waals surface area contributed by atoms with Crippen LogP contribution in [-0.2, 0) is 17.7 Å². The van der Waals surface area contributed by atoms with Crippen molar-refractivity contribution in [1.82, 2.24) is 15.0 Å². The van der Waals surface area contributed by atoms with Crippen molar-refractivity contribution < 1.29 is 4.74 Å². The Labute approximate surface area is 176 Å². The molecule has 1 atom stereocenters. The first-order valence-corrected chi connectivity index (χ1v) is 11.0. The maximum Gasteiger partial charge on any atom is 0.156 e. The average Bonchev–Trinajstić information content (AvgIpc) is 3.37. The first kappa shape index (κ1) is 18.2. The number of aryl methyl sites for hydroxylation is 1. The number of hydrogen-bond donors (Lipinski definition) is 1. The molecule has 8 nitrogen and oxygen atoms in total. The van der Waals surface area contributed by atoms with Gasteiger partial charge in [-0.05, 0) is 44.2 Å². The number of piperidine rings is 1. The second-order valence-electron chi connectivity index (χ2n) is 8.68. The monoisotopic (exact) mass is 405 g/mol. The molecule has 6 heterocycles. The lowest BCUT2D eigenvalue weighted by atomic mass is 9.85. The molecule has 0 saturated carbocycles. The van der Waals surface area contributed by atoms with E-state index in [1.807, 2.05) is 18.5 Å². The molecule has 2 aromatic rings. The minimum absolute atomic E-state index is 0.132. The molecule has 0 radical (unpaired) electrons. The molecule has 2 saturated heterocycles. The van der Waals surface area contributed by atoms with E-state index in [0.717, 1.165) is 92.8 Å². The molecule has 0 amide bonds. The summed E-state index contributed by atoms with van der Waals surface area (Å²) in [5, 5.41) is 0. The van der Waals surface area contributed by atoms with E-state index in [9.17, 15) is 0 Å². The molecule has 0 aromatic carbocycles. The Morgan fingerprint density at radius 1 is 1.13 bits per heavy atom. The van der Waals surface area contributed by atoms with Gasteiger partial charge in [0.1, 0.15) is 11.5 Å². The molecular formula is C22H27N7O. The number of nitrogens with zero attached hydrogens (tertiary/aromatic N) is 6. The molecule has 156 valence electrons. The van der Waals surface area contributed by atoms with Crippen molar-refractivity contribution in [3.63, 3.8) is 0 Å². The number of pyridine rings is 1. The molecule has 0 bridgehead atoms. The fourth-order valence-corrected chi connectivity index (χ4v) is 5.31. The Bertz CT molecular complexity index is 999. The third-order valence-corrected chi connectivity index (χ3v) is 7.06. The smallest absolute Gasteiger partial charge is 0.156 e. The standard InChI is InChI=1S/C22H27N7O/c23-18-5-12-30-22(18)6-10-28(11-7-22)19-14-25-20-16(27-19)13-26-21(20)29-9-2-3-15-17(29)4-1-8-24-15/h1,4,8,14,18H,2-3,5-7,9-13,23H2. The summed E-state index contributed by atoms with van der Waals surface area (Å²) in [7, 11) is 0. The zero-order valence-electron chi connectivity index (χ0n) is 17.1. The minimum Gasteiger partial charge on any atom is -0.373 e. The number of ether oxygens (including phenoxy) is 1. The van der Waals surface area contributed by atoms with E-state index in [-0.39, 0.29) is 11.6 Å². The molecule has 8 heteroatoms. The van der Waals surface area contributed by atoms with E-state index in [2.05, 4.69) is 20.9 Å². The van der Waals surface area contributed by atoms with Gasteiger partial charge in [0.25, 0.3) is 0 Å². The topological polar surface area (TPSA) is 92.8 Å². The highest BCUT2D eigenvalue weighted by Crippen LogP contribution is 2.36. The van der Waals surface area contributed by atoms with Crippen molar-refractivity contribution >= 4 is 17.3 Å². The highest BCUT2D eigenvalue weighted by Gasteiger charge is 2.44. The largest absolute Gasteiger partial charge is 0.373 e. The molecule has 1 unspecified atom stereocenters. The van der Waals surface area contributed by atoms with Gasteiger partial charge in [-0.1, -0.05) is 0 Å². The van der Waals surface area contributed by atoms with Gasteiger partial charge in [0, 0.05) is 38.5 Å². The summed E-state index contributed by atoms with van der Waals surface area (Å²) >= 11 is 0. The second-order valence-corrected chi connectivity index (χ2v) is 8.68. The number of fused-ring (bicyclic) bond motifs is 2. The fraction of sp³-hybridized carbons (Fsp3) is 0.545. The van der Waals surface area contributed by atoms with Crippen LogP contribution < -0.4 is 15.5 Å². The highest BCUT2D eigenvalue weighted by molar-refractivity contribution is 6.11. The Kier molecular flexibility index (Phi) is 4.24. The zero-order valence-corrected chi connectivity index (χ0v) is 17.1. The van der Waals surface area contributed by atoms with Gasteiger partial charge in [0.15, 0.2) is 5.84 Å². The maximum atomic E-state index is 6.33. The van der Waals surface area contributed by atoms with Crippen LogP contribution in [0.2, 0.25) is 0 Å². The van der Waals surface area contributed by atoms with Gasteiger partial charge >= 0.3 is 0 Å². The van der Waals surface area contributed by atoms with Crippen molar-refractivity contribution in [3.8, 4) is 0 Å². The van der Waals surface area contributed by atoms with Crippen molar-refractivity contribution in [2.45, 2.75) is 50.3 Å². The third-order valence-electron chi connectivity index (χ3n) is 7.06.